The van der Waals surface area contributed by atoms with Gasteiger partial charge in [-0.3, -0.25) is 13.9 Å². The van der Waals surface area contributed by atoms with Crippen LogP contribution in [0.5, 0.6) is 0 Å². The van der Waals surface area contributed by atoms with E-state index in [0.717, 1.165) is 10.6 Å². The van der Waals surface area contributed by atoms with E-state index < -0.39 is 22.0 Å². The van der Waals surface area contributed by atoms with Gasteiger partial charge >= 0.3 is 0 Å². The molecule has 0 radical (unpaired) electrons. The Morgan fingerprint density at radius 1 is 1.11 bits per heavy atom. The van der Waals surface area contributed by atoms with Crippen molar-refractivity contribution in [1.82, 2.24) is 0 Å². The summed E-state index contributed by atoms with van der Waals surface area (Å²) < 4.78 is 25.9. The zero-order valence-corrected chi connectivity index (χ0v) is 17.9. The number of hydrogen-bond acceptors (Lipinski definition) is 4. The Morgan fingerprint density at radius 2 is 1.79 bits per heavy atom. The highest BCUT2D eigenvalue weighted by molar-refractivity contribution is 7.92. The van der Waals surface area contributed by atoms with Crippen molar-refractivity contribution in [2.24, 2.45) is 0 Å². The number of Topliss-reactive ketones (excluding diaryl/α,β-unsaturated/α-hetero) is 1. The van der Waals surface area contributed by atoms with Crippen LogP contribution in [0.4, 0.5) is 11.4 Å². The highest BCUT2D eigenvalue weighted by atomic mass is 35.5. The first-order chi connectivity index (χ1) is 13.0. The first-order valence-corrected chi connectivity index (χ1v) is 11.0. The van der Waals surface area contributed by atoms with Gasteiger partial charge in [0.15, 0.2) is 5.78 Å². The monoisotopic (exact) mass is 442 g/mol. The molecule has 28 heavy (non-hydrogen) atoms. The van der Waals surface area contributed by atoms with Crippen LogP contribution in [0, 0.1) is 0 Å². The summed E-state index contributed by atoms with van der Waals surface area (Å²) >= 11 is 11.9. The molecule has 0 aliphatic rings. The third-order valence-corrected chi connectivity index (χ3v) is 5.94. The fraction of sp³-hybridized carbons (Fsp3) is 0.263. The van der Waals surface area contributed by atoms with Gasteiger partial charge in [-0.15, -0.1) is 0 Å². The average molecular weight is 443 g/mol. The van der Waals surface area contributed by atoms with Crippen LogP contribution in [0.3, 0.4) is 0 Å². The summed E-state index contributed by atoms with van der Waals surface area (Å²) in [6.07, 6.45) is 1.23. The Balaban J connectivity index is 2.40. The lowest BCUT2D eigenvalue weighted by atomic mass is 10.1. The minimum atomic E-state index is -3.80. The van der Waals surface area contributed by atoms with E-state index in [0.29, 0.717) is 11.3 Å². The maximum absolute atomic E-state index is 12.9. The van der Waals surface area contributed by atoms with Gasteiger partial charge in [0.25, 0.3) is 0 Å². The van der Waals surface area contributed by atoms with Crippen LogP contribution >= 0.6 is 23.2 Å². The number of rotatable bonds is 7. The fourth-order valence-electron chi connectivity index (χ4n) is 2.72. The average Bonchev–Trinajstić information content (AvgIpc) is 2.61. The molecular formula is C19H20Cl2N2O4S. The fourth-order valence-corrected chi connectivity index (χ4v) is 4.22. The molecule has 0 aliphatic heterocycles. The molecule has 2 rings (SSSR count). The number of nitrogens with one attached hydrogen (secondary N) is 1. The number of halogens is 2. The van der Waals surface area contributed by atoms with Crippen LogP contribution < -0.4 is 9.62 Å². The van der Waals surface area contributed by atoms with E-state index in [4.69, 9.17) is 23.2 Å². The molecule has 2 aromatic rings. The molecular weight excluding hydrogens is 423 g/mol. The highest BCUT2D eigenvalue weighted by Crippen LogP contribution is 2.30. The molecule has 0 spiro atoms. The number of carbonyl (C=O) groups is 2. The van der Waals surface area contributed by atoms with Crippen molar-refractivity contribution in [3.05, 3.63) is 58.1 Å². The van der Waals surface area contributed by atoms with E-state index in [1.54, 1.807) is 25.1 Å². The Kier molecular flexibility index (Phi) is 7.09. The second kappa shape index (κ2) is 8.94. The van der Waals surface area contributed by atoms with Gasteiger partial charge in [-0.2, -0.15) is 0 Å². The van der Waals surface area contributed by atoms with Gasteiger partial charge in [0, 0.05) is 11.3 Å². The van der Waals surface area contributed by atoms with Crippen molar-refractivity contribution in [3.8, 4) is 0 Å². The molecule has 1 unspecified atom stereocenters. The lowest BCUT2D eigenvalue weighted by Crippen LogP contribution is -2.47. The lowest BCUT2D eigenvalue weighted by molar-refractivity contribution is -0.117. The van der Waals surface area contributed by atoms with Crippen molar-refractivity contribution < 1.29 is 18.0 Å². The van der Waals surface area contributed by atoms with E-state index in [-0.39, 0.29) is 27.9 Å². The smallest absolute Gasteiger partial charge is 0.248 e. The van der Waals surface area contributed by atoms with Gasteiger partial charge in [0.05, 0.1) is 22.0 Å². The largest absolute Gasteiger partial charge is 0.324 e. The number of benzene rings is 2. The number of ketones is 1. The summed E-state index contributed by atoms with van der Waals surface area (Å²) in [5.74, 6) is -0.670. The standard InChI is InChI=1S/C19H20Cl2N2O4S/c1-4-18(19(25)22-14-7-5-6-13(10-14)12(2)24)23(28(3,26)27)15-8-9-16(20)17(21)11-15/h5-11,18H,4H2,1-3H3,(H,22,25). The molecule has 1 amide bonds. The van der Waals surface area contributed by atoms with E-state index >= 15 is 0 Å². The molecule has 0 saturated carbocycles. The van der Waals surface area contributed by atoms with Crippen LogP contribution in [-0.2, 0) is 14.8 Å². The molecule has 1 atom stereocenters. The van der Waals surface area contributed by atoms with E-state index in [1.807, 2.05) is 0 Å². The zero-order chi connectivity index (χ0) is 21.1. The molecule has 2 aromatic carbocycles. The van der Waals surface area contributed by atoms with Crippen LogP contribution in [0.2, 0.25) is 10.0 Å². The second-order valence-electron chi connectivity index (χ2n) is 6.21. The van der Waals surface area contributed by atoms with Gasteiger partial charge in [-0.05, 0) is 43.7 Å². The SMILES string of the molecule is CCC(C(=O)Nc1cccc(C(C)=O)c1)N(c1ccc(Cl)c(Cl)c1)S(C)(=O)=O. The van der Waals surface area contributed by atoms with Crippen LogP contribution in [0.25, 0.3) is 0 Å². The van der Waals surface area contributed by atoms with Crippen LogP contribution in [0.15, 0.2) is 42.5 Å². The van der Waals surface area contributed by atoms with E-state index in [2.05, 4.69) is 5.32 Å². The first-order valence-electron chi connectivity index (χ1n) is 8.41. The van der Waals surface area contributed by atoms with Crippen molar-refractivity contribution >= 4 is 56.3 Å². The maximum Gasteiger partial charge on any atom is 0.248 e. The molecule has 0 fully saturated rings. The van der Waals surface area contributed by atoms with Gasteiger partial charge in [-0.25, -0.2) is 8.42 Å². The first kappa shape index (κ1) is 22.2. The molecule has 0 bridgehead atoms. The number of hydrogen-bond donors (Lipinski definition) is 1. The summed E-state index contributed by atoms with van der Waals surface area (Å²) in [6, 6.07) is 9.77. The molecule has 0 aliphatic carbocycles. The third-order valence-electron chi connectivity index (χ3n) is 4.02. The number of sulfonamides is 1. The minimum absolute atomic E-state index is 0.142. The Morgan fingerprint density at radius 3 is 2.32 bits per heavy atom. The summed E-state index contributed by atoms with van der Waals surface area (Å²) in [5, 5.41) is 3.13. The number of anilines is 2. The number of amides is 1. The van der Waals surface area contributed by atoms with Crippen molar-refractivity contribution in [2.75, 3.05) is 15.9 Å². The zero-order valence-electron chi connectivity index (χ0n) is 15.6. The van der Waals surface area contributed by atoms with Crippen molar-refractivity contribution in [2.45, 2.75) is 26.3 Å². The highest BCUT2D eigenvalue weighted by Gasteiger charge is 2.32. The summed E-state index contributed by atoms with van der Waals surface area (Å²) in [5.41, 5.74) is 1.07. The minimum Gasteiger partial charge on any atom is -0.324 e. The molecule has 0 aromatic heterocycles. The lowest BCUT2D eigenvalue weighted by Gasteiger charge is -2.30. The van der Waals surface area contributed by atoms with Crippen LogP contribution in [-0.4, -0.2) is 32.4 Å². The summed E-state index contributed by atoms with van der Waals surface area (Å²) in [7, 11) is -3.80. The third kappa shape index (κ3) is 5.25. The summed E-state index contributed by atoms with van der Waals surface area (Å²) in [6.45, 7) is 3.12. The topological polar surface area (TPSA) is 83.6 Å². The van der Waals surface area contributed by atoms with E-state index in [9.17, 15) is 18.0 Å². The maximum atomic E-state index is 12.9. The van der Waals surface area contributed by atoms with Crippen molar-refractivity contribution in [3.63, 3.8) is 0 Å². The normalized spacial score (nSPS) is 12.3. The van der Waals surface area contributed by atoms with Crippen LogP contribution in [0.1, 0.15) is 30.6 Å². The molecule has 0 saturated heterocycles. The van der Waals surface area contributed by atoms with Crippen molar-refractivity contribution in [1.29, 1.82) is 0 Å². The Labute approximate surface area is 174 Å². The van der Waals surface area contributed by atoms with Gasteiger partial charge in [-0.1, -0.05) is 42.3 Å². The molecule has 1 N–H and O–H groups in total. The second-order valence-corrected chi connectivity index (χ2v) is 8.88. The Bertz CT molecular complexity index is 1010. The van der Waals surface area contributed by atoms with Gasteiger partial charge in [0.1, 0.15) is 6.04 Å². The molecule has 9 heteroatoms. The predicted molar refractivity (Wildman–Crippen MR) is 113 cm³/mol. The van der Waals surface area contributed by atoms with Gasteiger partial charge in [0.2, 0.25) is 15.9 Å². The van der Waals surface area contributed by atoms with E-state index in [1.165, 1.54) is 31.2 Å². The summed E-state index contributed by atoms with van der Waals surface area (Å²) in [4.78, 5) is 24.4. The predicted octanol–water partition coefficient (Wildman–Crippen LogP) is 4.38. The van der Waals surface area contributed by atoms with Gasteiger partial charge < -0.3 is 5.32 Å². The molecule has 0 heterocycles. The quantitative estimate of drug-likeness (QED) is 0.644. The molecule has 6 nitrogen and oxygen atoms in total. The molecule has 150 valence electrons. The Hall–Kier alpha value is -2.09. The number of nitrogens with zero attached hydrogens (tertiary/aromatic N) is 1. The number of carbonyl (C=O) groups excluding carboxylic acids is 2.